The van der Waals surface area contributed by atoms with Crippen molar-refractivity contribution in [3.8, 4) is 17.2 Å². The Kier molecular flexibility index (Phi) is 6.33. The van der Waals surface area contributed by atoms with Gasteiger partial charge in [-0.3, -0.25) is 4.79 Å². The fourth-order valence-corrected chi connectivity index (χ4v) is 2.95. The monoisotopic (exact) mass is 397 g/mol. The highest BCUT2D eigenvalue weighted by atomic mass is 16.5. The number of anilines is 1. The van der Waals surface area contributed by atoms with E-state index in [2.05, 4.69) is 10.5 Å². The first kappa shape index (κ1) is 20.2. The first-order valence-electron chi connectivity index (χ1n) is 9.42. The van der Waals surface area contributed by atoms with Gasteiger partial charge in [0.15, 0.2) is 5.69 Å². The van der Waals surface area contributed by atoms with Crippen molar-refractivity contribution in [1.29, 1.82) is 0 Å². The predicted molar refractivity (Wildman–Crippen MR) is 109 cm³/mol. The molecule has 1 aromatic heterocycles. The second-order valence-corrected chi connectivity index (χ2v) is 6.48. The Morgan fingerprint density at radius 2 is 1.79 bits per heavy atom. The standard InChI is InChI=1S/C21H24N4O4/c1-4-5-12-24-19(20(26)22-15-8-6-10-17(13-15)28-2)21(27)25(23-24)16-9-7-11-18(14-16)29-3/h6-11,13-14H,4-5,12H2,1-3H3,(H-,22,23,26,27)/p+1. The number of benzene rings is 2. The lowest BCUT2D eigenvalue weighted by atomic mass is 10.2. The highest BCUT2D eigenvalue weighted by Crippen LogP contribution is 2.17. The number of aryl methyl sites for hydroxylation is 1. The van der Waals surface area contributed by atoms with Gasteiger partial charge in [0.25, 0.3) is 0 Å². The van der Waals surface area contributed by atoms with Crippen molar-refractivity contribution in [1.82, 2.24) is 9.90 Å². The number of hydrogen-bond acceptors (Lipinski definition) is 4. The Morgan fingerprint density at radius 3 is 2.48 bits per heavy atom. The molecular formula is C21H25N4O4+. The lowest BCUT2D eigenvalue weighted by molar-refractivity contribution is -0.756. The Labute approximate surface area is 168 Å². The van der Waals surface area contributed by atoms with Crippen molar-refractivity contribution >= 4 is 11.6 Å². The van der Waals surface area contributed by atoms with E-state index in [0.717, 1.165) is 12.8 Å². The van der Waals surface area contributed by atoms with E-state index in [-0.39, 0.29) is 5.69 Å². The number of ether oxygens (including phenoxy) is 2. The summed E-state index contributed by atoms with van der Waals surface area (Å²) in [6.07, 6.45) is 1.75. The average Bonchev–Trinajstić information content (AvgIpc) is 3.08. The van der Waals surface area contributed by atoms with Crippen LogP contribution >= 0.6 is 0 Å². The smallest absolute Gasteiger partial charge is 0.411 e. The number of carbonyl (C=O) groups is 1. The molecule has 0 bridgehead atoms. The van der Waals surface area contributed by atoms with E-state index in [1.165, 1.54) is 4.68 Å². The molecule has 3 rings (SSSR count). The molecule has 0 aliphatic rings. The summed E-state index contributed by atoms with van der Waals surface area (Å²) in [6.45, 7) is 2.57. The summed E-state index contributed by atoms with van der Waals surface area (Å²) in [4.78, 5) is 26.0. The van der Waals surface area contributed by atoms with Crippen molar-refractivity contribution in [2.45, 2.75) is 26.3 Å². The van der Waals surface area contributed by atoms with Crippen LogP contribution in [0.2, 0.25) is 0 Å². The number of amides is 1. The maximum atomic E-state index is 13.1. The minimum Gasteiger partial charge on any atom is -0.497 e. The van der Waals surface area contributed by atoms with Crippen LogP contribution in [-0.4, -0.2) is 30.0 Å². The summed E-state index contributed by atoms with van der Waals surface area (Å²) in [7, 11) is 3.11. The zero-order valence-electron chi connectivity index (χ0n) is 16.8. The van der Waals surface area contributed by atoms with Gasteiger partial charge in [0.05, 0.1) is 14.2 Å². The van der Waals surface area contributed by atoms with Gasteiger partial charge in [0.1, 0.15) is 18.0 Å². The zero-order valence-corrected chi connectivity index (χ0v) is 16.8. The number of nitrogens with zero attached hydrogens (tertiary/aromatic N) is 2. The first-order chi connectivity index (χ1) is 14.1. The number of methoxy groups -OCH3 is 2. The number of aromatic nitrogens is 3. The van der Waals surface area contributed by atoms with Gasteiger partial charge in [0, 0.05) is 17.8 Å². The molecule has 0 aliphatic carbocycles. The molecule has 0 saturated heterocycles. The average molecular weight is 397 g/mol. The molecule has 2 N–H and O–H groups in total. The molecule has 0 radical (unpaired) electrons. The number of carbonyl (C=O) groups excluding carboxylic acids is 1. The SMILES string of the molecule is CCCC[n+]1[nH]n(-c2cccc(OC)c2)c(=O)c1C(=O)Nc1cccc(OC)c1. The summed E-state index contributed by atoms with van der Waals surface area (Å²) in [5.74, 6) is 0.744. The van der Waals surface area contributed by atoms with Gasteiger partial charge in [-0.05, 0) is 30.7 Å². The molecular weight excluding hydrogens is 372 g/mol. The molecule has 0 fully saturated rings. The summed E-state index contributed by atoms with van der Waals surface area (Å²) < 4.78 is 13.4. The van der Waals surface area contributed by atoms with E-state index >= 15 is 0 Å². The van der Waals surface area contributed by atoms with Crippen LogP contribution in [0.4, 0.5) is 5.69 Å². The lowest BCUT2D eigenvalue weighted by Crippen LogP contribution is -2.45. The van der Waals surface area contributed by atoms with Gasteiger partial charge in [0.2, 0.25) is 0 Å². The maximum Gasteiger partial charge on any atom is 0.411 e. The Balaban J connectivity index is 2.00. The van der Waals surface area contributed by atoms with Gasteiger partial charge in [-0.15, -0.1) is 4.68 Å². The van der Waals surface area contributed by atoms with Gasteiger partial charge < -0.3 is 14.8 Å². The van der Waals surface area contributed by atoms with Crippen LogP contribution in [0.3, 0.4) is 0 Å². The van der Waals surface area contributed by atoms with Gasteiger partial charge in [-0.1, -0.05) is 35.4 Å². The quantitative estimate of drug-likeness (QED) is 0.572. The molecule has 0 unspecified atom stereocenters. The lowest BCUT2D eigenvalue weighted by Gasteiger charge is -2.05. The minimum atomic E-state index is -0.489. The molecule has 1 heterocycles. The topological polar surface area (TPSA) is 89.2 Å². The van der Waals surface area contributed by atoms with E-state index in [4.69, 9.17) is 9.47 Å². The van der Waals surface area contributed by atoms with E-state index in [0.29, 0.717) is 29.4 Å². The third kappa shape index (κ3) is 4.48. The van der Waals surface area contributed by atoms with Crippen molar-refractivity contribution in [3.05, 3.63) is 64.6 Å². The van der Waals surface area contributed by atoms with Crippen molar-refractivity contribution in [2.75, 3.05) is 19.5 Å². The molecule has 29 heavy (non-hydrogen) atoms. The largest absolute Gasteiger partial charge is 0.497 e. The number of nitrogens with one attached hydrogen (secondary N) is 2. The van der Waals surface area contributed by atoms with E-state index in [9.17, 15) is 9.59 Å². The van der Waals surface area contributed by atoms with Crippen molar-refractivity contribution in [3.63, 3.8) is 0 Å². The highest BCUT2D eigenvalue weighted by Gasteiger charge is 2.29. The number of unbranched alkanes of at least 4 members (excludes halogenated alkanes) is 1. The third-order valence-electron chi connectivity index (χ3n) is 4.49. The van der Waals surface area contributed by atoms with Crippen LogP contribution in [0.15, 0.2) is 53.3 Å². The number of hydrogen-bond donors (Lipinski definition) is 2. The number of H-pyrrole nitrogens is 1. The fourth-order valence-electron chi connectivity index (χ4n) is 2.95. The zero-order chi connectivity index (χ0) is 20.8. The van der Waals surface area contributed by atoms with E-state index < -0.39 is 11.5 Å². The van der Waals surface area contributed by atoms with Gasteiger partial charge in [-0.25, -0.2) is 4.79 Å². The predicted octanol–water partition coefficient (Wildman–Crippen LogP) is 2.52. The van der Waals surface area contributed by atoms with Crippen molar-refractivity contribution in [2.24, 2.45) is 0 Å². The summed E-state index contributed by atoms with van der Waals surface area (Å²) in [5, 5.41) is 5.80. The van der Waals surface area contributed by atoms with Crippen LogP contribution in [0.5, 0.6) is 11.5 Å². The molecule has 1 amide bonds. The normalized spacial score (nSPS) is 10.6. The first-order valence-corrected chi connectivity index (χ1v) is 9.42. The number of aromatic amines is 1. The minimum absolute atomic E-state index is 0.0316. The van der Waals surface area contributed by atoms with Crippen molar-refractivity contribution < 1.29 is 19.0 Å². The number of rotatable bonds is 8. The van der Waals surface area contributed by atoms with E-state index in [1.54, 1.807) is 67.4 Å². The molecule has 0 saturated carbocycles. The van der Waals surface area contributed by atoms with Gasteiger partial charge >= 0.3 is 17.2 Å². The highest BCUT2D eigenvalue weighted by molar-refractivity contribution is 6.01. The second kappa shape index (κ2) is 9.09. The van der Waals surface area contributed by atoms with Crippen LogP contribution in [0.25, 0.3) is 5.69 Å². The van der Waals surface area contributed by atoms with Gasteiger partial charge in [-0.2, -0.15) is 0 Å². The summed E-state index contributed by atoms with van der Waals surface area (Å²) in [5.41, 5.74) is 0.726. The van der Waals surface area contributed by atoms with Crippen LogP contribution in [0, 0.1) is 0 Å². The maximum absolute atomic E-state index is 13.1. The van der Waals surface area contributed by atoms with Crippen LogP contribution in [0.1, 0.15) is 30.3 Å². The molecule has 152 valence electrons. The van der Waals surface area contributed by atoms with Crippen LogP contribution in [-0.2, 0) is 6.54 Å². The molecule has 8 nitrogen and oxygen atoms in total. The van der Waals surface area contributed by atoms with Crippen LogP contribution < -0.4 is 25.0 Å². The summed E-state index contributed by atoms with van der Waals surface area (Å²) in [6, 6.07) is 14.1. The summed E-state index contributed by atoms with van der Waals surface area (Å²) >= 11 is 0. The Hall–Kier alpha value is -3.55. The molecule has 0 atom stereocenters. The molecule has 8 heteroatoms. The molecule has 0 spiro atoms. The Morgan fingerprint density at radius 1 is 1.10 bits per heavy atom. The second-order valence-electron chi connectivity index (χ2n) is 6.48. The molecule has 0 aliphatic heterocycles. The third-order valence-corrected chi connectivity index (χ3v) is 4.49. The fraction of sp³-hybridized carbons (Fsp3) is 0.286. The molecule has 2 aromatic carbocycles. The Bertz CT molecular complexity index is 1050. The molecule has 3 aromatic rings. The van der Waals surface area contributed by atoms with E-state index in [1.807, 2.05) is 6.92 Å².